The molecular weight excluding hydrogens is 264 g/mol. The molecule has 3 N–H and O–H groups in total. The maximum atomic E-state index is 12.3. The Morgan fingerprint density at radius 2 is 2.05 bits per heavy atom. The Labute approximate surface area is 112 Å². The quantitative estimate of drug-likeness (QED) is 0.885. The van der Waals surface area contributed by atoms with Gasteiger partial charge in [-0.2, -0.15) is 5.10 Å². The van der Waals surface area contributed by atoms with Gasteiger partial charge in [0.15, 0.2) is 5.82 Å². The van der Waals surface area contributed by atoms with Crippen molar-refractivity contribution in [1.29, 1.82) is 0 Å². The number of aryl methyl sites for hydroxylation is 2. The van der Waals surface area contributed by atoms with Crippen LogP contribution in [0.5, 0.6) is 0 Å². The molecule has 0 aliphatic rings. The lowest BCUT2D eigenvalue weighted by Gasteiger charge is -2.10. The van der Waals surface area contributed by atoms with Gasteiger partial charge in [0.25, 0.3) is 10.0 Å². The van der Waals surface area contributed by atoms with Crippen LogP contribution in [0, 0.1) is 0 Å². The first-order chi connectivity index (χ1) is 8.94. The van der Waals surface area contributed by atoms with Gasteiger partial charge in [0.2, 0.25) is 0 Å². The fourth-order valence-electron chi connectivity index (χ4n) is 1.82. The fourth-order valence-corrected chi connectivity index (χ4v) is 3.02. The van der Waals surface area contributed by atoms with Crippen molar-refractivity contribution in [1.82, 2.24) is 9.78 Å². The molecule has 0 bridgehead atoms. The highest BCUT2D eigenvalue weighted by Crippen LogP contribution is 2.22. The molecule has 0 aliphatic carbocycles. The fraction of sp³-hybridized carbons (Fsp3) is 0.250. The first kappa shape index (κ1) is 13.4. The lowest BCUT2D eigenvalue weighted by molar-refractivity contribution is 0.601. The van der Waals surface area contributed by atoms with Crippen LogP contribution < -0.4 is 10.5 Å². The van der Waals surface area contributed by atoms with Crippen molar-refractivity contribution in [2.24, 2.45) is 7.05 Å². The molecule has 2 aromatic rings. The molecule has 0 fully saturated rings. The number of para-hydroxylation sites is 1. The summed E-state index contributed by atoms with van der Waals surface area (Å²) in [6.07, 6.45) is 2.12. The average Bonchev–Trinajstić information content (AvgIpc) is 2.69. The molecule has 19 heavy (non-hydrogen) atoms. The smallest absolute Gasteiger partial charge is 0.267 e. The van der Waals surface area contributed by atoms with Crippen molar-refractivity contribution in [2.75, 3.05) is 10.5 Å². The first-order valence-corrected chi connectivity index (χ1v) is 7.32. The van der Waals surface area contributed by atoms with Gasteiger partial charge in [-0.15, -0.1) is 0 Å². The molecule has 0 amide bonds. The molecule has 0 atom stereocenters. The minimum absolute atomic E-state index is 0.0102. The number of hydrogen-bond acceptors (Lipinski definition) is 4. The molecule has 7 heteroatoms. The molecule has 0 spiro atoms. The van der Waals surface area contributed by atoms with Gasteiger partial charge >= 0.3 is 0 Å². The number of nitrogens with zero attached hydrogens (tertiary/aromatic N) is 2. The van der Waals surface area contributed by atoms with E-state index in [0.717, 1.165) is 12.0 Å². The molecule has 102 valence electrons. The molecule has 0 radical (unpaired) electrons. The topological polar surface area (TPSA) is 90.0 Å². The Balaban J connectivity index is 2.39. The summed E-state index contributed by atoms with van der Waals surface area (Å²) in [5.41, 5.74) is 7.09. The minimum Gasteiger partial charge on any atom is -0.381 e. The number of benzene rings is 1. The van der Waals surface area contributed by atoms with Crippen LogP contribution in [0.25, 0.3) is 0 Å². The van der Waals surface area contributed by atoms with E-state index in [9.17, 15) is 8.42 Å². The van der Waals surface area contributed by atoms with Gasteiger partial charge < -0.3 is 5.73 Å². The molecular formula is C12H16N4O2S. The number of anilines is 2. The Bertz CT molecular complexity index is 692. The average molecular weight is 280 g/mol. The molecule has 1 heterocycles. The van der Waals surface area contributed by atoms with Crippen molar-refractivity contribution in [3.63, 3.8) is 0 Å². The second kappa shape index (κ2) is 4.93. The van der Waals surface area contributed by atoms with Crippen LogP contribution in [0.2, 0.25) is 0 Å². The van der Waals surface area contributed by atoms with Crippen LogP contribution in [0.15, 0.2) is 35.4 Å². The van der Waals surface area contributed by atoms with Crippen LogP contribution in [0.3, 0.4) is 0 Å². The standard InChI is InChI=1S/C12H16N4O2S/c1-3-9-6-4-5-7-10(9)15-19(17,18)11-8-16(2)14-12(11)13/h4-8,15H,3H2,1-2H3,(H2,13,14). The van der Waals surface area contributed by atoms with Gasteiger partial charge in [-0.3, -0.25) is 9.40 Å². The van der Waals surface area contributed by atoms with Gasteiger partial charge in [-0.1, -0.05) is 25.1 Å². The van der Waals surface area contributed by atoms with Crippen LogP contribution in [-0.2, 0) is 23.5 Å². The number of hydrogen-bond donors (Lipinski definition) is 2. The van der Waals surface area contributed by atoms with E-state index in [1.54, 1.807) is 19.2 Å². The Morgan fingerprint density at radius 1 is 1.37 bits per heavy atom. The zero-order valence-corrected chi connectivity index (χ0v) is 11.6. The van der Waals surface area contributed by atoms with E-state index >= 15 is 0 Å². The van der Waals surface area contributed by atoms with Crippen LogP contribution in [0.4, 0.5) is 11.5 Å². The zero-order chi connectivity index (χ0) is 14.0. The molecule has 2 rings (SSSR count). The monoisotopic (exact) mass is 280 g/mol. The first-order valence-electron chi connectivity index (χ1n) is 5.84. The highest BCUT2D eigenvalue weighted by molar-refractivity contribution is 7.92. The Morgan fingerprint density at radius 3 is 2.63 bits per heavy atom. The highest BCUT2D eigenvalue weighted by Gasteiger charge is 2.21. The predicted molar refractivity (Wildman–Crippen MR) is 74.2 cm³/mol. The second-order valence-electron chi connectivity index (χ2n) is 4.17. The largest absolute Gasteiger partial charge is 0.381 e. The van der Waals surface area contributed by atoms with Gasteiger partial charge in [-0.25, -0.2) is 8.42 Å². The SMILES string of the molecule is CCc1ccccc1NS(=O)(=O)c1cn(C)nc1N. The number of nitrogens with two attached hydrogens (primary N) is 1. The summed E-state index contributed by atoms with van der Waals surface area (Å²) in [4.78, 5) is -0.0130. The predicted octanol–water partition coefficient (Wildman–Crippen LogP) is 1.37. The number of sulfonamides is 1. The molecule has 6 nitrogen and oxygen atoms in total. The van der Waals surface area contributed by atoms with E-state index < -0.39 is 10.0 Å². The third-order valence-corrected chi connectivity index (χ3v) is 4.14. The van der Waals surface area contributed by atoms with Gasteiger partial charge in [-0.05, 0) is 18.1 Å². The van der Waals surface area contributed by atoms with Gasteiger partial charge in [0.1, 0.15) is 4.90 Å². The molecule has 1 aromatic carbocycles. The Kier molecular flexibility index (Phi) is 3.48. The maximum Gasteiger partial charge on any atom is 0.267 e. The van der Waals surface area contributed by atoms with Crippen LogP contribution in [-0.4, -0.2) is 18.2 Å². The Hall–Kier alpha value is -2.02. The van der Waals surface area contributed by atoms with Gasteiger partial charge in [0, 0.05) is 13.2 Å². The van der Waals surface area contributed by atoms with Crippen molar-refractivity contribution >= 4 is 21.5 Å². The van der Waals surface area contributed by atoms with E-state index in [1.165, 1.54) is 10.9 Å². The molecule has 0 saturated heterocycles. The third kappa shape index (κ3) is 2.70. The van der Waals surface area contributed by atoms with Crippen LogP contribution in [0.1, 0.15) is 12.5 Å². The zero-order valence-electron chi connectivity index (χ0n) is 10.8. The summed E-state index contributed by atoms with van der Waals surface area (Å²) in [6, 6.07) is 7.26. The maximum absolute atomic E-state index is 12.3. The molecule has 0 aliphatic heterocycles. The van der Waals surface area contributed by atoms with E-state index in [0.29, 0.717) is 5.69 Å². The summed E-state index contributed by atoms with van der Waals surface area (Å²) in [5, 5.41) is 3.84. The van der Waals surface area contributed by atoms with Gasteiger partial charge in [0.05, 0.1) is 5.69 Å². The molecule has 0 unspecified atom stereocenters. The summed E-state index contributed by atoms with van der Waals surface area (Å²) >= 11 is 0. The van der Waals surface area contributed by atoms with E-state index in [4.69, 9.17) is 5.73 Å². The number of rotatable bonds is 4. The minimum atomic E-state index is -3.71. The van der Waals surface area contributed by atoms with E-state index in [-0.39, 0.29) is 10.7 Å². The van der Waals surface area contributed by atoms with E-state index in [2.05, 4.69) is 9.82 Å². The molecule has 1 aromatic heterocycles. The van der Waals surface area contributed by atoms with Crippen molar-refractivity contribution in [3.8, 4) is 0 Å². The summed E-state index contributed by atoms with van der Waals surface area (Å²) < 4.78 is 28.4. The van der Waals surface area contributed by atoms with E-state index in [1.807, 2.05) is 19.1 Å². The van der Waals surface area contributed by atoms with Crippen molar-refractivity contribution < 1.29 is 8.42 Å². The summed E-state index contributed by atoms with van der Waals surface area (Å²) in [7, 11) is -2.09. The van der Waals surface area contributed by atoms with Crippen LogP contribution >= 0.6 is 0 Å². The second-order valence-corrected chi connectivity index (χ2v) is 5.82. The van der Waals surface area contributed by atoms with Crippen molar-refractivity contribution in [2.45, 2.75) is 18.2 Å². The summed E-state index contributed by atoms with van der Waals surface area (Å²) in [6.45, 7) is 1.96. The molecule has 0 saturated carbocycles. The lowest BCUT2D eigenvalue weighted by Crippen LogP contribution is -2.15. The van der Waals surface area contributed by atoms with Crippen molar-refractivity contribution in [3.05, 3.63) is 36.0 Å². The lowest BCUT2D eigenvalue weighted by atomic mass is 10.1. The third-order valence-electron chi connectivity index (χ3n) is 2.75. The number of aromatic nitrogens is 2. The number of nitrogens with one attached hydrogen (secondary N) is 1. The highest BCUT2D eigenvalue weighted by atomic mass is 32.2. The number of nitrogen functional groups attached to an aromatic ring is 1. The normalized spacial score (nSPS) is 11.5. The summed E-state index contributed by atoms with van der Waals surface area (Å²) in [5.74, 6) is -0.0102.